The third-order valence-electron chi connectivity index (χ3n) is 7.22. The van der Waals surface area contributed by atoms with Crippen molar-refractivity contribution in [3.63, 3.8) is 0 Å². The van der Waals surface area contributed by atoms with E-state index in [1.807, 2.05) is 0 Å². The monoisotopic (exact) mass is 678 g/mol. The molecule has 23 heteroatoms. The number of nitrogens with zero attached hydrogens (tertiary/aromatic N) is 8. The Balaban J connectivity index is 1.14. The molecule has 1 unspecified atom stereocenters. The maximum absolute atomic E-state index is 15.8. The summed E-state index contributed by atoms with van der Waals surface area (Å²) in [5.41, 5.74) is 12.6. The Bertz CT molecular complexity index is 1750. The molecule has 4 aromatic rings. The predicted molar refractivity (Wildman–Crippen MR) is 151 cm³/mol. The number of hydrogen-bond acceptors (Lipinski definition) is 15. The van der Waals surface area contributed by atoms with Crippen LogP contribution in [0.15, 0.2) is 25.3 Å². The summed E-state index contributed by atoms with van der Waals surface area (Å²) in [5, 5.41) is 0. The molecule has 10 atom stereocenters. The molecule has 6 rings (SSSR count). The first-order chi connectivity index (χ1) is 20.9. The summed E-state index contributed by atoms with van der Waals surface area (Å²) < 4.78 is 85.4. The summed E-state index contributed by atoms with van der Waals surface area (Å²) in [6.07, 6.45) is -5.03. The van der Waals surface area contributed by atoms with Gasteiger partial charge in [-0.05, 0) is 0 Å². The van der Waals surface area contributed by atoms with Gasteiger partial charge in [0, 0.05) is 5.92 Å². The van der Waals surface area contributed by atoms with Crippen LogP contribution in [0.2, 0.25) is 0 Å². The van der Waals surface area contributed by atoms with Gasteiger partial charge in [0.2, 0.25) is 0 Å². The van der Waals surface area contributed by atoms with Crippen LogP contribution < -0.4 is 11.5 Å². The van der Waals surface area contributed by atoms with Crippen molar-refractivity contribution in [1.82, 2.24) is 39.0 Å². The first-order valence-corrected chi connectivity index (χ1v) is 16.9. The molecule has 0 aromatic carbocycles. The van der Waals surface area contributed by atoms with Crippen LogP contribution in [0.4, 0.5) is 20.4 Å². The maximum atomic E-state index is 15.8. The normalized spacial score (nSPS) is 31.1. The highest BCUT2D eigenvalue weighted by Gasteiger charge is 2.50. The highest BCUT2D eigenvalue weighted by Crippen LogP contribution is 2.49. The number of imidazole rings is 2. The number of aromatic nitrogens is 8. The molecule has 0 radical (unpaired) electrons. The fraction of sp³-hybridized carbons (Fsp3) is 0.524. The molecule has 238 valence electrons. The first-order valence-electron chi connectivity index (χ1n) is 12.9. The predicted octanol–water partition coefficient (Wildman–Crippen LogP) is 1.78. The minimum absolute atomic E-state index is 0.0417. The number of fused-ring (bicyclic) bond motifs is 2. The summed E-state index contributed by atoms with van der Waals surface area (Å²) in [4.78, 5) is 33.6. The molecule has 4 aromatic heterocycles. The Hall–Kier alpha value is -2.87. The largest absolute Gasteiger partial charge is 0.383 e. The molecular weight excluding hydrogens is 652 g/mol. The molecule has 18 nitrogen and oxygen atoms in total. The molecule has 0 bridgehead atoms. The van der Waals surface area contributed by atoms with Crippen LogP contribution >= 0.6 is 27.3 Å². The average Bonchev–Trinajstić information content (AvgIpc) is 3.73. The van der Waals surface area contributed by atoms with E-state index >= 15 is 8.78 Å². The molecule has 0 spiro atoms. The second kappa shape index (κ2) is 12.1. The van der Waals surface area contributed by atoms with Crippen LogP contribution in [-0.2, 0) is 32.2 Å². The molecule has 2 saturated heterocycles. The average molecular weight is 679 g/mol. The lowest BCUT2D eigenvalue weighted by Gasteiger charge is -2.20. The van der Waals surface area contributed by atoms with Gasteiger partial charge in [0.25, 0.3) is 0 Å². The van der Waals surface area contributed by atoms with E-state index < -0.39 is 77.3 Å². The standard InChI is InChI=1S/C21H26F2N10O8P2S/c1-8-11(22)9(39-20(8)32-6-30-13-16(24)26-4-28-18(13)32)2-37-42(34)41-15-10(3-38-43(35,36)44)40-21(12(15)23)33-7-31-14-17(25)27-5-29-19(14)33/h4-12,15,20-21,42H,2-3H2,1H3,(H2,24,26,28)(H2,25,27,29)(H2,35,36,44)/t8-,9-,10-,11+,12-,15-,20-,21-/m1/s1. The van der Waals surface area contributed by atoms with Crippen molar-refractivity contribution >= 4 is 61.3 Å². The zero-order valence-electron chi connectivity index (χ0n) is 22.5. The summed E-state index contributed by atoms with van der Waals surface area (Å²) >= 11 is 3.45. The summed E-state index contributed by atoms with van der Waals surface area (Å²) in [6, 6.07) is 0. The number of alkyl halides is 2. The van der Waals surface area contributed by atoms with Gasteiger partial charge in [-0.3, -0.25) is 18.2 Å². The highest BCUT2D eigenvalue weighted by molar-refractivity contribution is 8.44. The third-order valence-corrected chi connectivity index (χ3v) is 8.91. The Morgan fingerprint density at radius 2 is 1.52 bits per heavy atom. The molecule has 2 fully saturated rings. The van der Waals surface area contributed by atoms with Crippen LogP contribution in [0.5, 0.6) is 0 Å². The second-order valence-corrected chi connectivity index (χ2v) is 13.8. The minimum atomic E-state index is -4.31. The number of anilines is 2. The van der Waals surface area contributed by atoms with Crippen LogP contribution in [0.25, 0.3) is 22.3 Å². The van der Waals surface area contributed by atoms with Gasteiger partial charge in [0.15, 0.2) is 35.3 Å². The lowest BCUT2D eigenvalue weighted by molar-refractivity contribution is -0.0436. The van der Waals surface area contributed by atoms with Gasteiger partial charge >= 0.3 is 15.1 Å². The number of ether oxygens (including phenoxy) is 2. The zero-order chi connectivity index (χ0) is 31.3. The molecule has 5 N–H and O–H groups in total. The van der Waals surface area contributed by atoms with Crippen molar-refractivity contribution in [3.05, 3.63) is 25.3 Å². The fourth-order valence-electron chi connectivity index (χ4n) is 5.10. The van der Waals surface area contributed by atoms with Crippen molar-refractivity contribution in [1.29, 1.82) is 0 Å². The van der Waals surface area contributed by atoms with Crippen LogP contribution in [0.3, 0.4) is 0 Å². The summed E-state index contributed by atoms with van der Waals surface area (Å²) in [6.45, 7) is -3.87. The zero-order valence-corrected chi connectivity index (χ0v) is 25.3. The minimum Gasteiger partial charge on any atom is -0.382 e. The number of halogens is 2. The van der Waals surface area contributed by atoms with Crippen LogP contribution in [0.1, 0.15) is 19.4 Å². The van der Waals surface area contributed by atoms with Gasteiger partial charge in [-0.1, -0.05) is 19.2 Å². The maximum Gasteiger partial charge on any atom is 0.383 e. The molecule has 6 heterocycles. The van der Waals surface area contributed by atoms with Crippen molar-refractivity contribution in [3.8, 4) is 0 Å². The van der Waals surface area contributed by atoms with Gasteiger partial charge in [-0.15, -0.1) is 0 Å². The molecule has 2 aliphatic heterocycles. The molecule has 2 aliphatic rings. The quantitative estimate of drug-likeness (QED) is 0.138. The lowest BCUT2D eigenvalue weighted by atomic mass is 10.0. The number of hydrogen-bond donors (Lipinski definition) is 4. The van der Waals surface area contributed by atoms with E-state index in [2.05, 4.69) is 42.2 Å². The Morgan fingerprint density at radius 1 is 0.955 bits per heavy atom. The SMILES string of the molecule is C[C@@H]1[C@H](F)[C@@H](CO[PH](=O)O[C@H]2[C@@H](F)[C@H](n3cnc4c(N)ncnc43)O[C@@H]2CO[P@](=O)(O)S)O[C@H]1n1cnc2c(N)ncnc21. The third kappa shape index (κ3) is 5.91. The van der Waals surface area contributed by atoms with Gasteiger partial charge in [0.05, 0.1) is 25.9 Å². The van der Waals surface area contributed by atoms with Crippen LogP contribution in [0, 0.1) is 5.92 Å². The second-order valence-electron chi connectivity index (χ2n) is 9.97. The van der Waals surface area contributed by atoms with E-state index in [4.69, 9.17) is 34.5 Å². The highest BCUT2D eigenvalue weighted by atomic mass is 32.7. The van der Waals surface area contributed by atoms with Gasteiger partial charge in [-0.2, -0.15) is 0 Å². The molecule has 0 saturated carbocycles. The molecule has 44 heavy (non-hydrogen) atoms. The summed E-state index contributed by atoms with van der Waals surface area (Å²) in [7, 11) is -3.52. The van der Waals surface area contributed by atoms with E-state index in [9.17, 15) is 14.0 Å². The topological polar surface area (TPSA) is 240 Å². The number of nitrogen functional groups attached to an aromatic ring is 2. The van der Waals surface area contributed by atoms with E-state index in [-0.39, 0.29) is 22.8 Å². The Labute approximate surface area is 252 Å². The summed E-state index contributed by atoms with van der Waals surface area (Å²) in [5.74, 6) is -0.505. The van der Waals surface area contributed by atoms with Crippen molar-refractivity contribution in [2.45, 2.75) is 50.0 Å². The first kappa shape index (κ1) is 31.1. The van der Waals surface area contributed by atoms with Crippen molar-refractivity contribution in [2.24, 2.45) is 5.92 Å². The Morgan fingerprint density at radius 3 is 2.11 bits per heavy atom. The van der Waals surface area contributed by atoms with Crippen molar-refractivity contribution < 1.29 is 45.8 Å². The molecule has 0 amide bonds. The van der Waals surface area contributed by atoms with Gasteiger partial charge < -0.3 is 34.9 Å². The fourth-order valence-corrected chi connectivity index (χ4v) is 6.51. The molecular formula is C21H26F2N10O8P2S. The molecule has 0 aliphatic carbocycles. The number of nitrogens with two attached hydrogens (primary N) is 2. The van der Waals surface area contributed by atoms with Gasteiger partial charge in [0.1, 0.15) is 54.4 Å². The van der Waals surface area contributed by atoms with Crippen molar-refractivity contribution in [2.75, 3.05) is 24.7 Å². The lowest BCUT2D eigenvalue weighted by Crippen LogP contribution is -2.33. The Kier molecular flexibility index (Phi) is 8.59. The smallest absolute Gasteiger partial charge is 0.382 e. The van der Waals surface area contributed by atoms with Gasteiger partial charge in [-0.25, -0.2) is 43.2 Å². The van der Waals surface area contributed by atoms with E-state index in [1.165, 1.54) is 28.1 Å². The van der Waals surface area contributed by atoms with E-state index in [1.54, 1.807) is 6.92 Å². The number of thiol groups is 1. The van der Waals surface area contributed by atoms with Crippen LogP contribution in [-0.4, -0.2) is 87.8 Å². The number of rotatable bonds is 10. The van der Waals surface area contributed by atoms with E-state index in [0.29, 0.717) is 11.2 Å². The van der Waals surface area contributed by atoms with E-state index in [0.717, 1.165) is 6.33 Å².